The van der Waals surface area contributed by atoms with Gasteiger partial charge in [-0.15, -0.1) is 11.3 Å². The van der Waals surface area contributed by atoms with Gasteiger partial charge < -0.3 is 11.5 Å². The van der Waals surface area contributed by atoms with E-state index < -0.39 is 0 Å². The van der Waals surface area contributed by atoms with Gasteiger partial charge in [-0.05, 0) is 6.92 Å². The summed E-state index contributed by atoms with van der Waals surface area (Å²) in [7, 11) is 0. The second-order valence-electron chi connectivity index (χ2n) is 2.16. The predicted molar refractivity (Wildman–Crippen MR) is 42.6 cm³/mol. The first-order chi connectivity index (χ1) is 4.74. The molecule has 3 nitrogen and oxygen atoms in total. The highest BCUT2D eigenvalue weighted by atomic mass is 32.1. The molecule has 1 aromatic heterocycles. The SMILES string of the molecule is CC(N)c1csc(CN)n1. The van der Waals surface area contributed by atoms with Crippen molar-refractivity contribution in [1.82, 2.24) is 4.98 Å². The number of nitrogens with zero attached hydrogens (tertiary/aromatic N) is 1. The van der Waals surface area contributed by atoms with Crippen LogP contribution in [0.15, 0.2) is 5.38 Å². The molecule has 1 unspecified atom stereocenters. The van der Waals surface area contributed by atoms with Crippen LogP contribution in [0.25, 0.3) is 0 Å². The van der Waals surface area contributed by atoms with E-state index in [1.165, 1.54) is 0 Å². The van der Waals surface area contributed by atoms with Crippen molar-refractivity contribution in [2.45, 2.75) is 19.5 Å². The molecular formula is C6H11N3S. The van der Waals surface area contributed by atoms with Crippen LogP contribution in [0.3, 0.4) is 0 Å². The monoisotopic (exact) mass is 157 g/mol. The van der Waals surface area contributed by atoms with E-state index in [0.717, 1.165) is 10.7 Å². The standard InChI is InChI=1S/C6H11N3S/c1-4(8)5-3-10-6(2-7)9-5/h3-4H,2,7-8H2,1H3. The van der Waals surface area contributed by atoms with E-state index in [-0.39, 0.29) is 6.04 Å². The van der Waals surface area contributed by atoms with Crippen LogP contribution in [-0.4, -0.2) is 4.98 Å². The number of nitrogens with two attached hydrogens (primary N) is 2. The maximum absolute atomic E-state index is 5.59. The topological polar surface area (TPSA) is 64.9 Å². The molecule has 0 radical (unpaired) electrons. The fourth-order valence-electron chi connectivity index (χ4n) is 0.628. The Bertz CT molecular complexity index is 207. The lowest BCUT2D eigenvalue weighted by Crippen LogP contribution is -2.05. The Morgan fingerprint density at radius 3 is 2.80 bits per heavy atom. The third kappa shape index (κ3) is 1.53. The van der Waals surface area contributed by atoms with Crippen LogP contribution in [0.1, 0.15) is 23.7 Å². The zero-order valence-electron chi connectivity index (χ0n) is 5.87. The van der Waals surface area contributed by atoms with Gasteiger partial charge in [-0.1, -0.05) is 0 Å². The van der Waals surface area contributed by atoms with Crippen LogP contribution in [0.5, 0.6) is 0 Å². The van der Waals surface area contributed by atoms with Gasteiger partial charge in [-0.2, -0.15) is 0 Å². The van der Waals surface area contributed by atoms with Crippen LogP contribution in [0, 0.1) is 0 Å². The second-order valence-corrected chi connectivity index (χ2v) is 3.10. The van der Waals surface area contributed by atoms with Gasteiger partial charge in [0.1, 0.15) is 5.01 Å². The molecule has 0 fully saturated rings. The summed E-state index contributed by atoms with van der Waals surface area (Å²) < 4.78 is 0. The quantitative estimate of drug-likeness (QED) is 0.661. The first-order valence-corrected chi connectivity index (χ1v) is 4.02. The maximum atomic E-state index is 5.59. The zero-order valence-corrected chi connectivity index (χ0v) is 6.69. The number of thiazole rings is 1. The Morgan fingerprint density at radius 2 is 2.50 bits per heavy atom. The summed E-state index contributed by atoms with van der Waals surface area (Å²) in [6.07, 6.45) is 0. The Balaban J connectivity index is 2.78. The van der Waals surface area contributed by atoms with Gasteiger partial charge >= 0.3 is 0 Å². The Labute approximate surface area is 64.1 Å². The molecule has 0 amide bonds. The van der Waals surface area contributed by atoms with Gasteiger partial charge in [-0.3, -0.25) is 0 Å². The molecule has 56 valence electrons. The van der Waals surface area contributed by atoms with Crippen molar-refractivity contribution >= 4 is 11.3 Å². The highest BCUT2D eigenvalue weighted by Gasteiger charge is 2.03. The molecule has 0 bridgehead atoms. The molecule has 1 rings (SSSR count). The van der Waals surface area contributed by atoms with Crippen molar-refractivity contribution in [1.29, 1.82) is 0 Å². The maximum Gasteiger partial charge on any atom is 0.107 e. The normalized spacial score (nSPS) is 13.5. The Hall–Kier alpha value is -0.450. The van der Waals surface area contributed by atoms with Crippen LogP contribution < -0.4 is 11.5 Å². The molecule has 1 atom stereocenters. The molecule has 0 spiro atoms. The lowest BCUT2D eigenvalue weighted by molar-refractivity contribution is 0.781. The van der Waals surface area contributed by atoms with Crippen molar-refractivity contribution in [3.05, 3.63) is 16.1 Å². The molecule has 0 aromatic carbocycles. The largest absolute Gasteiger partial charge is 0.325 e. The molecule has 0 aliphatic heterocycles. The van der Waals surface area contributed by atoms with E-state index in [9.17, 15) is 0 Å². The first kappa shape index (κ1) is 7.65. The molecular weight excluding hydrogens is 146 g/mol. The second kappa shape index (κ2) is 3.09. The molecule has 0 saturated carbocycles. The van der Waals surface area contributed by atoms with Gasteiger partial charge in [-0.25, -0.2) is 4.98 Å². The van der Waals surface area contributed by atoms with Crippen molar-refractivity contribution in [3.8, 4) is 0 Å². The lowest BCUT2D eigenvalue weighted by Gasteiger charge is -1.96. The van der Waals surface area contributed by atoms with E-state index in [4.69, 9.17) is 11.5 Å². The van der Waals surface area contributed by atoms with Crippen LogP contribution in [0.4, 0.5) is 0 Å². The van der Waals surface area contributed by atoms with Gasteiger partial charge in [0, 0.05) is 18.0 Å². The summed E-state index contributed by atoms with van der Waals surface area (Å²) in [4.78, 5) is 4.20. The van der Waals surface area contributed by atoms with E-state index in [1.807, 2.05) is 12.3 Å². The van der Waals surface area contributed by atoms with Gasteiger partial charge in [0.15, 0.2) is 0 Å². The summed E-state index contributed by atoms with van der Waals surface area (Å²) in [6, 6.07) is 0.0246. The fraction of sp³-hybridized carbons (Fsp3) is 0.500. The van der Waals surface area contributed by atoms with Crippen molar-refractivity contribution < 1.29 is 0 Å². The highest BCUT2D eigenvalue weighted by molar-refractivity contribution is 7.09. The molecule has 1 aromatic rings. The summed E-state index contributed by atoms with van der Waals surface area (Å²) in [5, 5.41) is 2.90. The Morgan fingerprint density at radius 1 is 1.80 bits per heavy atom. The minimum absolute atomic E-state index is 0.0246. The molecule has 4 N–H and O–H groups in total. The van der Waals surface area contributed by atoms with Crippen LogP contribution in [0.2, 0.25) is 0 Å². The Kier molecular flexibility index (Phi) is 2.37. The highest BCUT2D eigenvalue weighted by Crippen LogP contribution is 2.13. The third-order valence-electron chi connectivity index (χ3n) is 1.21. The fourth-order valence-corrected chi connectivity index (χ4v) is 1.41. The number of aromatic nitrogens is 1. The average molecular weight is 157 g/mol. The summed E-state index contributed by atoms with van der Waals surface area (Å²) in [5.74, 6) is 0. The van der Waals surface area contributed by atoms with E-state index >= 15 is 0 Å². The summed E-state index contributed by atoms with van der Waals surface area (Å²) in [5.41, 5.74) is 11.9. The molecule has 10 heavy (non-hydrogen) atoms. The first-order valence-electron chi connectivity index (χ1n) is 3.14. The third-order valence-corrected chi connectivity index (χ3v) is 2.10. The molecule has 0 saturated heterocycles. The van der Waals surface area contributed by atoms with E-state index in [1.54, 1.807) is 11.3 Å². The van der Waals surface area contributed by atoms with Crippen molar-refractivity contribution in [3.63, 3.8) is 0 Å². The molecule has 0 aliphatic carbocycles. The van der Waals surface area contributed by atoms with Gasteiger partial charge in [0.2, 0.25) is 0 Å². The van der Waals surface area contributed by atoms with Crippen molar-refractivity contribution in [2.24, 2.45) is 11.5 Å². The van der Waals surface area contributed by atoms with Gasteiger partial charge in [0.05, 0.1) is 5.69 Å². The summed E-state index contributed by atoms with van der Waals surface area (Å²) in [6.45, 7) is 2.42. The average Bonchev–Trinajstić information content (AvgIpc) is 2.34. The predicted octanol–water partition coefficient (Wildman–Crippen LogP) is 0.622. The molecule has 4 heteroatoms. The smallest absolute Gasteiger partial charge is 0.107 e. The minimum Gasteiger partial charge on any atom is -0.325 e. The minimum atomic E-state index is 0.0246. The van der Waals surface area contributed by atoms with Crippen LogP contribution in [-0.2, 0) is 6.54 Å². The molecule has 1 heterocycles. The van der Waals surface area contributed by atoms with E-state index in [2.05, 4.69) is 4.98 Å². The lowest BCUT2D eigenvalue weighted by atomic mass is 10.3. The summed E-state index contributed by atoms with van der Waals surface area (Å²) >= 11 is 1.56. The number of rotatable bonds is 2. The van der Waals surface area contributed by atoms with Gasteiger partial charge in [0.25, 0.3) is 0 Å². The molecule has 0 aliphatic rings. The van der Waals surface area contributed by atoms with E-state index in [0.29, 0.717) is 6.54 Å². The van der Waals surface area contributed by atoms with Crippen molar-refractivity contribution in [2.75, 3.05) is 0 Å². The number of hydrogen-bond donors (Lipinski definition) is 2. The zero-order chi connectivity index (χ0) is 7.56. The van der Waals surface area contributed by atoms with Crippen LogP contribution >= 0.6 is 11.3 Å². The number of hydrogen-bond acceptors (Lipinski definition) is 4.